The maximum Gasteiger partial charge on any atom is 0.252 e. The molecular weight excluding hydrogens is 474 g/mol. The first-order valence-electron chi connectivity index (χ1n) is 11.8. The van der Waals surface area contributed by atoms with Crippen LogP contribution < -0.4 is 4.90 Å². The zero-order valence-corrected chi connectivity index (χ0v) is 21.2. The van der Waals surface area contributed by atoms with Crippen molar-refractivity contribution in [2.75, 3.05) is 44.3 Å². The van der Waals surface area contributed by atoms with Gasteiger partial charge in [-0.1, -0.05) is 18.2 Å². The van der Waals surface area contributed by atoms with Gasteiger partial charge in [0.1, 0.15) is 4.21 Å². The third kappa shape index (κ3) is 4.53. The molecule has 0 amide bonds. The smallest absolute Gasteiger partial charge is 0.252 e. The van der Waals surface area contributed by atoms with Crippen molar-refractivity contribution in [1.82, 2.24) is 9.21 Å². The molecule has 8 nitrogen and oxygen atoms in total. The van der Waals surface area contributed by atoms with E-state index in [1.165, 1.54) is 11.3 Å². The Hall–Kier alpha value is -1.53. The van der Waals surface area contributed by atoms with E-state index in [1.54, 1.807) is 35.7 Å². The highest BCUT2D eigenvalue weighted by atomic mass is 32.2. The lowest BCUT2D eigenvalue weighted by molar-refractivity contribution is -0.0345. The maximum absolute atomic E-state index is 13.3. The van der Waals surface area contributed by atoms with Crippen LogP contribution in [0.15, 0.2) is 46.0 Å². The van der Waals surface area contributed by atoms with E-state index in [1.807, 2.05) is 24.3 Å². The molecule has 3 aliphatic rings. The zero-order chi connectivity index (χ0) is 24.1. The van der Waals surface area contributed by atoms with Crippen LogP contribution in [0.1, 0.15) is 25.8 Å². The fraction of sp³-hybridized carbons (Fsp3) is 0.583. The normalized spacial score (nSPS) is 29.0. The number of hydrogen-bond donors (Lipinski definition) is 2. The number of sulfonamides is 1. The van der Waals surface area contributed by atoms with Gasteiger partial charge in [0.05, 0.1) is 37.0 Å². The van der Waals surface area contributed by atoms with Crippen LogP contribution in [0.25, 0.3) is 0 Å². The zero-order valence-electron chi connectivity index (χ0n) is 19.6. The quantitative estimate of drug-likeness (QED) is 0.615. The molecule has 0 spiro atoms. The van der Waals surface area contributed by atoms with E-state index >= 15 is 0 Å². The molecule has 1 aromatic carbocycles. The highest BCUT2D eigenvalue weighted by molar-refractivity contribution is 7.91. The molecule has 5 rings (SSSR count). The van der Waals surface area contributed by atoms with E-state index in [-0.39, 0.29) is 18.1 Å². The summed E-state index contributed by atoms with van der Waals surface area (Å²) in [5.41, 5.74) is 0.919. The summed E-state index contributed by atoms with van der Waals surface area (Å²) < 4.78 is 34.2. The lowest BCUT2D eigenvalue weighted by Crippen LogP contribution is -2.61. The van der Waals surface area contributed by atoms with Gasteiger partial charge in [0.15, 0.2) is 0 Å². The first-order chi connectivity index (χ1) is 16.1. The largest absolute Gasteiger partial charge is 0.391 e. The Kier molecular flexibility index (Phi) is 6.52. The summed E-state index contributed by atoms with van der Waals surface area (Å²) in [7, 11) is -3.55. The third-order valence-corrected chi connectivity index (χ3v) is 10.6. The second-order valence-electron chi connectivity index (χ2n) is 10.0. The van der Waals surface area contributed by atoms with Gasteiger partial charge in [0.2, 0.25) is 0 Å². The van der Waals surface area contributed by atoms with Crippen LogP contribution in [0.2, 0.25) is 0 Å². The molecule has 2 N–H and O–H groups in total. The van der Waals surface area contributed by atoms with Crippen molar-refractivity contribution in [2.24, 2.45) is 0 Å². The van der Waals surface area contributed by atoms with Crippen LogP contribution in [-0.4, -0.2) is 91.5 Å². The van der Waals surface area contributed by atoms with Gasteiger partial charge < -0.3 is 19.8 Å². The van der Waals surface area contributed by atoms with Crippen LogP contribution in [-0.2, 0) is 20.4 Å². The minimum Gasteiger partial charge on any atom is -0.391 e. The number of aliphatic hydroxyl groups is 2. The summed E-state index contributed by atoms with van der Waals surface area (Å²) in [5.74, 6) is 0. The van der Waals surface area contributed by atoms with E-state index in [2.05, 4.69) is 9.80 Å². The number of benzene rings is 1. The molecule has 1 aromatic heterocycles. The molecule has 34 heavy (non-hydrogen) atoms. The Balaban J connectivity index is 1.42. The minimum absolute atomic E-state index is 0.0533. The summed E-state index contributed by atoms with van der Waals surface area (Å²) >= 11 is 1.25. The first kappa shape index (κ1) is 24.2. The average Bonchev–Trinajstić information content (AvgIpc) is 3.39. The highest BCUT2D eigenvalue weighted by Crippen LogP contribution is 2.33. The summed E-state index contributed by atoms with van der Waals surface area (Å²) in [6.45, 7) is 6.62. The second kappa shape index (κ2) is 9.16. The van der Waals surface area contributed by atoms with Crippen molar-refractivity contribution in [1.29, 1.82) is 0 Å². The lowest BCUT2D eigenvalue weighted by Gasteiger charge is -2.46. The molecule has 0 aliphatic carbocycles. The van der Waals surface area contributed by atoms with Crippen LogP contribution >= 0.6 is 11.3 Å². The molecule has 0 saturated carbocycles. The topological polar surface area (TPSA) is 93.6 Å². The molecular formula is C24H33N3O5S2. The second-order valence-corrected chi connectivity index (χ2v) is 13.1. The molecule has 2 aromatic rings. The van der Waals surface area contributed by atoms with E-state index < -0.39 is 21.7 Å². The van der Waals surface area contributed by atoms with E-state index in [0.717, 1.165) is 11.3 Å². The van der Waals surface area contributed by atoms with E-state index in [4.69, 9.17) is 4.74 Å². The van der Waals surface area contributed by atoms with Gasteiger partial charge in [-0.25, -0.2) is 8.42 Å². The standard InChI is InChI=1S/C24H33N3O5S2/c1-24(2,29)17-5-7-18(8-6-17)26-10-9-25(34(30,31)23-4-3-11-33-23)13-20(26)14-27-19-12-22(28)21(27)16-32-15-19/h3-8,11,19-22,28-29H,9-10,12-16H2,1-2H3/t19-,20+,21-,22-/m0/s1. The predicted molar refractivity (Wildman–Crippen MR) is 132 cm³/mol. The summed E-state index contributed by atoms with van der Waals surface area (Å²) in [6, 6.07) is 11.3. The van der Waals surface area contributed by atoms with Crippen molar-refractivity contribution in [3.63, 3.8) is 0 Å². The predicted octanol–water partition coefficient (Wildman–Crippen LogP) is 1.69. The molecule has 10 heteroatoms. The first-order valence-corrected chi connectivity index (χ1v) is 14.1. The minimum atomic E-state index is -3.55. The molecule has 3 saturated heterocycles. The van der Waals surface area contributed by atoms with Gasteiger partial charge in [0, 0.05) is 37.9 Å². The Bertz CT molecular complexity index is 1080. The van der Waals surface area contributed by atoms with Gasteiger partial charge >= 0.3 is 0 Å². The monoisotopic (exact) mass is 507 g/mol. The number of rotatable bonds is 6. The number of aliphatic hydroxyl groups excluding tert-OH is 1. The van der Waals surface area contributed by atoms with Crippen LogP contribution in [0.4, 0.5) is 5.69 Å². The SMILES string of the molecule is CC(C)(O)c1ccc(N2CCN(S(=O)(=O)c3cccs3)C[C@@H]2CN2[C@@H]3COC[C@H]2[C@@H](O)C3)cc1. The molecule has 0 radical (unpaired) electrons. The fourth-order valence-electron chi connectivity index (χ4n) is 5.43. The number of ether oxygens (including phenoxy) is 1. The van der Waals surface area contributed by atoms with Gasteiger partial charge in [-0.05, 0) is 49.4 Å². The Labute approximate surface area is 205 Å². The van der Waals surface area contributed by atoms with Crippen LogP contribution in [0.5, 0.6) is 0 Å². The number of thiophene rings is 1. The number of anilines is 1. The Morgan fingerprint density at radius 3 is 2.56 bits per heavy atom. The maximum atomic E-state index is 13.3. The highest BCUT2D eigenvalue weighted by Gasteiger charge is 2.46. The van der Waals surface area contributed by atoms with Crippen molar-refractivity contribution in [3.05, 3.63) is 47.3 Å². The molecule has 3 aliphatic heterocycles. The number of fused-ring (bicyclic) bond motifs is 2. The van der Waals surface area contributed by atoms with Crippen molar-refractivity contribution in [3.8, 4) is 0 Å². The Morgan fingerprint density at radius 1 is 1.15 bits per heavy atom. The number of nitrogens with zero attached hydrogens (tertiary/aromatic N) is 3. The number of piperazine rings is 1. The molecule has 0 unspecified atom stereocenters. The van der Waals surface area contributed by atoms with Crippen molar-refractivity contribution < 1.29 is 23.4 Å². The van der Waals surface area contributed by atoms with Crippen molar-refractivity contribution >= 4 is 27.0 Å². The summed E-state index contributed by atoms with van der Waals surface area (Å²) in [5, 5.41) is 22.7. The van der Waals surface area contributed by atoms with E-state index in [9.17, 15) is 18.6 Å². The third-order valence-electron chi connectivity index (χ3n) is 7.31. The lowest BCUT2D eigenvalue weighted by atomic mass is 9.98. The fourth-order valence-corrected chi connectivity index (χ4v) is 8.04. The molecule has 3 fully saturated rings. The molecule has 186 valence electrons. The number of morpholine rings is 1. The average molecular weight is 508 g/mol. The van der Waals surface area contributed by atoms with E-state index in [0.29, 0.717) is 50.0 Å². The molecule has 4 atom stereocenters. The summed E-state index contributed by atoms with van der Waals surface area (Å²) in [6.07, 6.45) is 0.274. The Morgan fingerprint density at radius 2 is 1.91 bits per heavy atom. The van der Waals surface area contributed by atoms with Gasteiger partial charge in [-0.3, -0.25) is 4.90 Å². The summed E-state index contributed by atoms with van der Waals surface area (Å²) in [4.78, 5) is 4.59. The molecule has 2 bridgehead atoms. The van der Waals surface area contributed by atoms with Gasteiger partial charge in [0.25, 0.3) is 10.0 Å². The van der Waals surface area contributed by atoms with Crippen molar-refractivity contribution in [2.45, 2.75) is 54.3 Å². The van der Waals surface area contributed by atoms with Crippen LogP contribution in [0, 0.1) is 0 Å². The van der Waals surface area contributed by atoms with Gasteiger partial charge in [-0.2, -0.15) is 4.31 Å². The number of hydrogen-bond acceptors (Lipinski definition) is 8. The van der Waals surface area contributed by atoms with Gasteiger partial charge in [-0.15, -0.1) is 11.3 Å². The van der Waals surface area contributed by atoms with Crippen LogP contribution in [0.3, 0.4) is 0 Å². The molecule has 4 heterocycles.